The lowest BCUT2D eigenvalue weighted by Gasteiger charge is -2.57. The molecule has 4 saturated carbocycles. The molecule has 5 fully saturated rings. The molecule has 0 radical (unpaired) electrons. The Morgan fingerprint density at radius 3 is 2.65 bits per heavy atom. The summed E-state index contributed by atoms with van der Waals surface area (Å²) in [5.41, 5.74) is 1.56. The third-order valence-electron chi connectivity index (χ3n) is 10.7. The largest absolute Gasteiger partial charge is 0.365 e. The van der Waals surface area contributed by atoms with E-state index in [-0.39, 0.29) is 34.7 Å². The Morgan fingerprint density at radius 2 is 1.91 bits per heavy atom. The minimum Gasteiger partial charge on any atom is -0.365 e. The quantitative estimate of drug-likeness (QED) is 0.469. The van der Waals surface area contributed by atoms with E-state index in [4.69, 9.17) is 4.74 Å². The van der Waals surface area contributed by atoms with Gasteiger partial charge in [-0.15, -0.1) is 0 Å². The molecule has 6 aliphatic rings. The van der Waals surface area contributed by atoms with Crippen LogP contribution in [0.2, 0.25) is 0 Å². The number of nitrogens with one attached hydrogen (secondary N) is 1. The molecule has 9 atom stereocenters. The smallest absolute Gasteiger partial charge is 0.257 e. The van der Waals surface area contributed by atoms with Crippen LogP contribution in [-0.2, 0) is 24.3 Å². The number of carbonyl (C=O) groups excluding carboxylic acids is 2. The van der Waals surface area contributed by atoms with Crippen LogP contribution in [0.5, 0.6) is 0 Å². The molecular weight excluding hydrogens is 450 g/mol. The lowest BCUT2D eigenvalue weighted by atomic mass is 9.46. The van der Waals surface area contributed by atoms with Gasteiger partial charge in [-0.25, -0.2) is 13.1 Å². The van der Waals surface area contributed by atoms with Crippen molar-refractivity contribution in [2.75, 3.05) is 0 Å². The molecule has 1 amide bonds. The molecule has 0 spiro atoms. The molecule has 1 N–H and O–H groups in total. The van der Waals surface area contributed by atoms with Crippen LogP contribution in [0.25, 0.3) is 0 Å². The van der Waals surface area contributed by atoms with Gasteiger partial charge in [-0.2, -0.15) is 0 Å². The number of rotatable bonds is 5. The molecule has 6 rings (SSSR count). The van der Waals surface area contributed by atoms with Crippen LogP contribution >= 0.6 is 0 Å². The molecule has 6 nitrogen and oxygen atoms in total. The molecule has 7 heteroatoms. The number of allylic oxidation sites excluding steroid dienone is 1. The number of fused-ring (bicyclic) bond motifs is 8. The van der Waals surface area contributed by atoms with E-state index in [2.05, 4.69) is 25.5 Å². The summed E-state index contributed by atoms with van der Waals surface area (Å²) in [6.45, 7) is 7.01. The summed E-state index contributed by atoms with van der Waals surface area (Å²) in [4.78, 5) is 24.4. The predicted octanol–water partition coefficient (Wildman–Crippen LogP) is 3.92. The van der Waals surface area contributed by atoms with Crippen molar-refractivity contribution in [2.24, 2.45) is 40.4 Å². The Hall–Kier alpha value is -1.47. The summed E-state index contributed by atoms with van der Waals surface area (Å²) in [5, 5.41) is -0.393. The number of epoxide rings is 1. The number of carbonyl (C=O) groups is 2. The minimum absolute atomic E-state index is 0.0896. The highest BCUT2D eigenvalue weighted by Gasteiger charge is 2.69. The van der Waals surface area contributed by atoms with Gasteiger partial charge in [-0.1, -0.05) is 26.8 Å². The summed E-state index contributed by atoms with van der Waals surface area (Å²) >= 11 is 0. The second-order valence-electron chi connectivity index (χ2n) is 12.5. The van der Waals surface area contributed by atoms with Gasteiger partial charge in [0.1, 0.15) is 6.10 Å². The molecule has 1 aliphatic heterocycles. The van der Waals surface area contributed by atoms with E-state index in [1.165, 1.54) is 24.5 Å². The Bertz CT molecular complexity index is 1090. The van der Waals surface area contributed by atoms with Crippen molar-refractivity contribution in [3.8, 4) is 0 Å². The first-order chi connectivity index (χ1) is 16.0. The van der Waals surface area contributed by atoms with Gasteiger partial charge in [0.2, 0.25) is 10.0 Å². The van der Waals surface area contributed by atoms with E-state index >= 15 is 0 Å². The SMILES string of the molecule is C[C@H](/C=C/C(=O)NS(=O)(=O)C1CC1)C1CCC2C3C(CC[C@@]21C)[C@@]1(C)CCC(=O)C=C1[C@H]1O[C@@H]31. The zero-order chi connectivity index (χ0) is 24.0. The van der Waals surface area contributed by atoms with Crippen LogP contribution in [0, 0.1) is 40.4 Å². The van der Waals surface area contributed by atoms with Crippen molar-refractivity contribution in [1.82, 2.24) is 4.72 Å². The highest BCUT2D eigenvalue weighted by molar-refractivity contribution is 7.91. The molecule has 0 aromatic heterocycles. The van der Waals surface area contributed by atoms with Crippen LogP contribution in [0.15, 0.2) is 23.8 Å². The maximum atomic E-state index is 12.3. The van der Waals surface area contributed by atoms with E-state index in [1.54, 1.807) is 0 Å². The van der Waals surface area contributed by atoms with Gasteiger partial charge in [0.15, 0.2) is 5.78 Å². The Labute approximate surface area is 203 Å². The molecule has 186 valence electrons. The zero-order valence-corrected chi connectivity index (χ0v) is 21.3. The third-order valence-corrected chi connectivity index (χ3v) is 12.5. The number of hydrogen-bond acceptors (Lipinski definition) is 5. The van der Waals surface area contributed by atoms with Crippen molar-refractivity contribution in [3.05, 3.63) is 23.8 Å². The van der Waals surface area contributed by atoms with Crippen molar-refractivity contribution >= 4 is 21.7 Å². The van der Waals surface area contributed by atoms with Crippen molar-refractivity contribution < 1.29 is 22.7 Å². The molecule has 1 heterocycles. The van der Waals surface area contributed by atoms with Gasteiger partial charge >= 0.3 is 0 Å². The first-order valence-corrected chi connectivity index (χ1v) is 14.7. The Morgan fingerprint density at radius 1 is 1.15 bits per heavy atom. The van der Waals surface area contributed by atoms with E-state index < -0.39 is 21.2 Å². The normalized spacial score (nSPS) is 46.1. The van der Waals surface area contributed by atoms with Gasteiger partial charge in [-0.05, 0) is 97.0 Å². The summed E-state index contributed by atoms with van der Waals surface area (Å²) in [6.07, 6.45) is 13.2. The molecule has 0 aromatic rings. The Kier molecular flexibility index (Phi) is 5.08. The molecule has 5 aliphatic carbocycles. The fourth-order valence-corrected chi connectivity index (χ4v) is 9.99. The van der Waals surface area contributed by atoms with Crippen LogP contribution in [0.4, 0.5) is 0 Å². The first-order valence-electron chi connectivity index (χ1n) is 13.2. The fraction of sp³-hybridized carbons (Fsp3) is 0.778. The molecule has 0 aromatic carbocycles. The van der Waals surface area contributed by atoms with E-state index in [0.29, 0.717) is 42.9 Å². The lowest BCUT2D eigenvalue weighted by Crippen LogP contribution is -2.53. The summed E-state index contributed by atoms with van der Waals surface area (Å²) in [7, 11) is -3.51. The first kappa shape index (κ1) is 23.0. The van der Waals surface area contributed by atoms with Crippen molar-refractivity contribution in [1.29, 1.82) is 0 Å². The summed E-state index contributed by atoms with van der Waals surface area (Å²) < 4.78 is 32.6. The van der Waals surface area contributed by atoms with Gasteiger partial charge in [0.05, 0.1) is 11.4 Å². The topological polar surface area (TPSA) is 92.8 Å². The van der Waals surface area contributed by atoms with E-state index in [9.17, 15) is 18.0 Å². The van der Waals surface area contributed by atoms with Crippen LogP contribution in [0.1, 0.15) is 72.1 Å². The van der Waals surface area contributed by atoms with Crippen LogP contribution < -0.4 is 4.72 Å². The number of hydrogen-bond donors (Lipinski definition) is 1. The fourth-order valence-electron chi connectivity index (χ4n) is 8.72. The molecular formula is C27H37NO5S. The molecule has 4 unspecified atom stereocenters. The average Bonchev–Trinajstić information content (AvgIpc) is 3.68. The molecule has 1 saturated heterocycles. The van der Waals surface area contributed by atoms with Gasteiger partial charge in [0, 0.05) is 12.5 Å². The number of sulfonamides is 1. The summed E-state index contributed by atoms with van der Waals surface area (Å²) in [5.74, 6) is 2.14. The highest BCUT2D eigenvalue weighted by Crippen LogP contribution is 2.70. The van der Waals surface area contributed by atoms with E-state index in [0.717, 1.165) is 19.3 Å². The molecule has 34 heavy (non-hydrogen) atoms. The van der Waals surface area contributed by atoms with Gasteiger partial charge in [-0.3, -0.25) is 9.59 Å². The predicted molar refractivity (Wildman–Crippen MR) is 128 cm³/mol. The lowest BCUT2D eigenvalue weighted by molar-refractivity contribution is -0.117. The standard InChI is InChI=1S/C27H37NO5S/c1-15(4-9-22(30)28-34(31,32)17-5-6-17)18-7-8-19-23-20(11-13-26(18,19)2)27(3)12-10-16(29)14-21(27)24-25(23)33-24/h4,9,14-15,17-20,23-25H,5-8,10-13H2,1-3H3,(H,28,30)/b9-4+/t15-,18?,19?,20?,23?,24-,25+,26-,27-/m1/s1. The number of amides is 1. The monoisotopic (exact) mass is 487 g/mol. The third kappa shape index (κ3) is 3.40. The maximum absolute atomic E-state index is 12.3. The van der Waals surface area contributed by atoms with Crippen LogP contribution in [0.3, 0.4) is 0 Å². The van der Waals surface area contributed by atoms with E-state index in [1.807, 2.05) is 12.2 Å². The zero-order valence-electron chi connectivity index (χ0n) is 20.5. The highest BCUT2D eigenvalue weighted by atomic mass is 32.2. The molecule has 0 bridgehead atoms. The van der Waals surface area contributed by atoms with Crippen molar-refractivity contribution in [2.45, 2.75) is 89.6 Å². The average molecular weight is 488 g/mol. The number of ether oxygens (including phenoxy) is 1. The second kappa shape index (κ2) is 7.52. The summed E-state index contributed by atoms with van der Waals surface area (Å²) in [6, 6.07) is 0. The number of ketones is 1. The second-order valence-corrected chi connectivity index (χ2v) is 14.4. The minimum atomic E-state index is -3.51. The Balaban J connectivity index is 1.19. The van der Waals surface area contributed by atoms with Gasteiger partial charge < -0.3 is 4.74 Å². The van der Waals surface area contributed by atoms with Crippen molar-refractivity contribution in [3.63, 3.8) is 0 Å². The van der Waals surface area contributed by atoms with Crippen LogP contribution in [-0.4, -0.2) is 37.6 Å². The maximum Gasteiger partial charge on any atom is 0.257 e. The van der Waals surface area contributed by atoms with Gasteiger partial charge in [0.25, 0.3) is 5.91 Å².